The van der Waals surface area contributed by atoms with Crippen LogP contribution in [0.1, 0.15) is 37.5 Å². The minimum Gasteiger partial charge on any atom is -0.469 e. The summed E-state index contributed by atoms with van der Waals surface area (Å²) in [5.41, 5.74) is 1.97. The number of urea groups is 1. The quantitative estimate of drug-likeness (QED) is 0.793. The first-order valence-electron chi connectivity index (χ1n) is 9.94. The lowest BCUT2D eigenvalue weighted by molar-refractivity contribution is -0.122. The van der Waals surface area contributed by atoms with Crippen molar-refractivity contribution in [3.05, 3.63) is 54.0 Å². The summed E-state index contributed by atoms with van der Waals surface area (Å²) in [5.74, 6) is 1.27. The number of amides is 3. The van der Waals surface area contributed by atoms with Gasteiger partial charge in [0.05, 0.1) is 6.26 Å². The predicted molar refractivity (Wildman–Crippen MR) is 109 cm³/mol. The Labute approximate surface area is 166 Å². The molecule has 150 valence electrons. The summed E-state index contributed by atoms with van der Waals surface area (Å²) in [4.78, 5) is 26.5. The topological polar surface area (TPSA) is 74.6 Å². The molecule has 6 nitrogen and oxygen atoms in total. The second kappa shape index (κ2) is 9.44. The number of piperidine rings is 1. The number of hydrogen-bond acceptors (Lipinski definition) is 3. The van der Waals surface area contributed by atoms with Crippen molar-refractivity contribution in [2.24, 2.45) is 5.92 Å². The van der Waals surface area contributed by atoms with Gasteiger partial charge in [0.15, 0.2) is 0 Å². The monoisotopic (exact) mass is 383 g/mol. The van der Waals surface area contributed by atoms with Gasteiger partial charge in [0, 0.05) is 37.7 Å². The number of rotatable bonds is 6. The van der Waals surface area contributed by atoms with Gasteiger partial charge >= 0.3 is 6.03 Å². The van der Waals surface area contributed by atoms with Gasteiger partial charge in [-0.05, 0) is 56.9 Å². The lowest BCUT2D eigenvalue weighted by atomic mass is 9.93. The van der Waals surface area contributed by atoms with Crippen molar-refractivity contribution in [3.63, 3.8) is 0 Å². The normalized spacial score (nSPS) is 15.9. The number of nitrogens with one attached hydrogen (secondary N) is 2. The number of anilines is 1. The van der Waals surface area contributed by atoms with Gasteiger partial charge in [-0.2, -0.15) is 0 Å². The summed E-state index contributed by atoms with van der Waals surface area (Å²) in [7, 11) is 0. The molecule has 1 saturated heterocycles. The summed E-state index contributed by atoms with van der Waals surface area (Å²) < 4.78 is 5.32. The molecule has 1 fully saturated rings. The Morgan fingerprint density at radius 3 is 2.54 bits per heavy atom. The molecule has 3 amide bonds. The fourth-order valence-electron chi connectivity index (χ4n) is 3.56. The van der Waals surface area contributed by atoms with Crippen molar-refractivity contribution < 1.29 is 14.0 Å². The van der Waals surface area contributed by atoms with E-state index in [1.807, 2.05) is 55.1 Å². The maximum Gasteiger partial charge on any atom is 0.321 e. The molecule has 0 saturated carbocycles. The van der Waals surface area contributed by atoms with E-state index in [0.717, 1.165) is 29.9 Å². The molecule has 1 aliphatic heterocycles. The van der Waals surface area contributed by atoms with E-state index in [2.05, 4.69) is 10.6 Å². The number of carbonyl (C=O) groups is 2. The van der Waals surface area contributed by atoms with Crippen LogP contribution >= 0.6 is 0 Å². The molecule has 0 spiro atoms. The molecule has 2 N–H and O–H groups in total. The Bertz CT molecular complexity index is 763. The lowest BCUT2D eigenvalue weighted by Gasteiger charge is -2.32. The molecule has 1 aromatic carbocycles. The molecule has 0 aliphatic carbocycles. The summed E-state index contributed by atoms with van der Waals surface area (Å²) >= 11 is 0. The van der Waals surface area contributed by atoms with Gasteiger partial charge < -0.3 is 20.0 Å². The van der Waals surface area contributed by atoms with Crippen molar-refractivity contribution in [1.29, 1.82) is 0 Å². The van der Waals surface area contributed by atoms with Crippen molar-refractivity contribution in [2.45, 2.75) is 45.6 Å². The van der Waals surface area contributed by atoms with E-state index >= 15 is 0 Å². The van der Waals surface area contributed by atoms with Crippen LogP contribution in [0.15, 0.2) is 47.1 Å². The first-order chi connectivity index (χ1) is 13.5. The minimum absolute atomic E-state index is 0.0408. The predicted octanol–water partition coefficient (Wildman–Crippen LogP) is 3.97. The van der Waals surface area contributed by atoms with Crippen LogP contribution in [0.4, 0.5) is 10.5 Å². The number of benzene rings is 1. The van der Waals surface area contributed by atoms with Crippen molar-refractivity contribution in [3.8, 4) is 0 Å². The maximum atomic E-state index is 12.4. The summed E-state index contributed by atoms with van der Waals surface area (Å²) in [5, 5.41) is 5.99. The highest BCUT2D eigenvalue weighted by Crippen LogP contribution is 2.21. The molecule has 1 atom stereocenters. The minimum atomic E-state index is -0.0705. The van der Waals surface area contributed by atoms with Crippen LogP contribution < -0.4 is 10.6 Å². The Morgan fingerprint density at radius 1 is 1.18 bits per heavy atom. The fourth-order valence-corrected chi connectivity index (χ4v) is 3.56. The molecule has 3 rings (SSSR count). The Morgan fingerprint density at radius 2 is 1.89 bits per heavy atom. The third-order valence-corrected chi connectivity index (χ3v) is 5.17. The number of furan rings is 1. The van der Waals surface area contributed by atoms with Gasteiger partial charge in [-0.25, -0.2) is 4.79 Å². The fraction of sp³-hybridized carbons (Fsp3) is 0.455. The number of aryl methyl sites for hydroxylation is 1. The first-order valence-corrected chi connectivity index (χ1v) is 9.94. The van der Waals surface area contributed by atoms with Crippen LogP contribution in [0.3, 0.4) is 0 Å². The molecule has 0 unspecified atom stereocenters. The molecule has 1 aliphatic rings. The van der Waals surface area contributed by atoms with Gasteiger partial charge in [-0.3, -0.25) is 4.79 Å². The van der Waals surface area contributed by atoms with E-state index in [0.29, 0.717) is 31.8 Å². The zero-order valence-electron chi connectivity index (χ0n) is 16.6. The maximum absolute atomic E-state index is 12.4. The smallest absolute Gasteiger partial charge is 0.321 e. The number of carbonyl (C=O) groups excluding carboxylic acids is 2. The first kappa shape index (κ1) is 20.0. The second-order valence-corrected chi connectivity index (χ2v) is 7.68. The third kappa shape index (κ3) is 5.87. The highest BCUT2D eigenvalue weighted by atomic mass is 16.3. The molecular weight excluding hydrogens is 354 g/mol. The number of likely N-dealkylation sites (tertiary alicyclic amines) is 1. The number of nitrogens with zero attached hydrogens (tertiary/aromatic N) is 1. The van der Waals surface area contributed by atoms with Gasteiger partial charge in [-0.15, -0.1) is 0 Å². The van der Waals surface area contributed by atoms with Crippen LogP contribution in [0.2, 0.25) is 0 Å². The largest absolute Gasteiger partial charge is 0.469 e. The van der Waals surface area contributed by atoms with Crippen LogP contribution in [-0.2, 0) is 11.2 Å². The lowest BCUT2D eigenvalue weighted by Crippen LogP contribution is -2.42. The Hall–Kier alpha value is -2.76. The van der Waals surface area contributed by atoms with Crippen LogP contribution in [0.25, 0.3) is 0 Å². The summed E-state index contributed by atoms with van der Waals surface area (Å²) in [6, 6.07) is 11.5. The standard InChI is InChI=1S/C22H29N3O3/c1-16-5-7-19(8-6-16)24-22(27)25-11-9-18(10-12-25)15-21(26)23-17(2)14-20-4-3-13-28-20/h3-8,13,17-18H,9-12,14-15H2,1-2H3,(H,23,26)(H,24,27)/t17-/m1/s1. The van der Waals surface area contributed by atoms with Crippen LogP contribution in [0, 0.1) is 12.8 Å². The summed E-state index contributed by atoms with van der Waals surface area (Å²) in [6.07, 6.45) is 4.54. The summed E-state index contributed by atoms with van der Waals surface area (Å²) in [6.45, 7) is 5.36. The Kier molecular flexibility index (Phi) is 6.74. The molecule has 0 bridgehead atoms. The van der Waals surface area contributed by atoms with Crippen molar-refractivity contribution in [2.75, 3.05) is 18.4 Å². The van der Waals surface area contributed by atoms with Gasteiger partial charge in [-0.1, -0.05) is 17.7 Å². The van der Waals surface area contributed by atoms with Gasteiger partial charge in [0.2, 0.25) is 5.91 Å². The zero-order chi connectivity index (χ0) is 19.9. The molecule has 2 heterocycles. The Balaban J connectivity index is 1.37. The van der Waals surface area contributed by atoms with Crippen molar-refractivity contribution in [1.82, 2.24) is 10.2 Å². The van der Waals surface area contributed by atoms with E-state index in [9.17, 15) is 9.59 Å². The highest BCUT2D eigenvalue weighted by Gasteiger charge is 2.25. The average Bonchev–Trinajstić information content (AvgIpc) is 3.16. The van der Waals surface area contributed by atoms with E-state index in [-0.39, 0.29) is 18.0 Å². The van der Waals surface area contributed by atoms with E-state index in [4.69, 9.17) is 4.42 Å². The van der Waals surface area contributed by atoms with Crippen molar-refractivity contribution >= 4 is 17.6 Å². The molecular formula is C22H29N3O3. The average molecular weight is 383 g/mol. The number of hydrogen-bond donors (Lipinski definition) is 2. The van der Waals surface area contributed by atoms with E-state index < -0.39 is 0 Å². The molecule has 28 heavy (non-hydrogen) atoms. The van der Waals surface area contributed by atoms with E-state index in [1.165, 1.54) is 0 Å². The second-order valence-electron chi connectivity index (χ2n) is 7.68. The van der Waals surface area contributed by atoms with Gasteiger partial charge in [0.1, 0.15) is 5.76 Å². The third-order valence-electron chi connectivity index (χ3n) is 5.17. The van der Waals surface area contributed by atoms with Gasteiger partial charge in [0.25, 0.3) is 0 Å². The molecule has 2 aromatic rings. The zero-order valence-corrected chi connectivity index (χ0v) is 16.6. The molecule has 6 heteroatoms. The van der Waals surface area contributed by atoms with Crippen LogP contribution in [0.5, 0.6) is 0 Å². The van der Waals surface area contributed by atoms with Crippen LogP contribution in [-0.4, -0.2) is 36.0 Å². The SMILES string of the molecule is Cc1ccc(NC(=O)N2CCC(CC(=O)N[C@H](C)Cc3ccco3)CC2)cc1. The molecule has 1 aromatic heterocycles. The van der Waals surface area contributed by atoms with E-state index in [1.54, 1.807) is 6.26 Å². The highest BCUT2D eigenvalue weighted by molar-refractivity contribution is 5.89. The molecule has 0 radical (unpaired) electrons.